The minimum absolute atomic E-state index is 0.0675. The van der Waals surface area contributed by atoms with Crippen molar-refractivity contribution in [2.75, 3.05) is 6.61 Å². The number of hydrogen-bond donors (Lipinski definition) is 2. The van der Waals surface area contributed by atoms with Gasteiger partial charge in [-0.1, -0.05) is 13.8 Å². The zero-order valence-corrected chi connectivity index (χ0v) is 9.90. The number of halogens is 3. The van der Waals surface area contributed by atoms with Gasteiger partial charge in [0.05, 0.1) is 11.1 Å². The number of phenolic OH excluding ortho intramolecular Hbond substituents is 1. The number of rotatable bonds is 2. The van der Waals surface area contributed by atoms with Crippen LogP contribution in [0, 0.1) is 11.6 Å². The lowest BCUT2D eigenvalue weighted by Crippen LogP contribution is -2.24. The molecule has 1 rings (SSSR count). The monoisotopic (exact) mass is 280 g/mol. The average molecular weight is 281 g/mol. The summed E-state index contributed by atoms with van der Waals surface area (Å²) in [4.78, 5) is 0. The minimum atomic E-state index is -1.13. The van der Waals surface area contributed by atoms with Crippen LogP contribution in [-0.2, 0) is 5.41 Å². The molecule has 0 radical (unpaired) electrons. The van der Waals surface area contributed by atoms with Crippen LogP contribution in [0.4, 0.5) is 8.78 Å². The highest BCUT2D eigenvalue weighted by atomic mass is 79.9. The van der Waals surface area contributed by atoms with Gasteiger partial charge in [0, 0.05) is 11.0 Å². The Labute approximate surface area is 94.7 Å². The second-order valence-electron chi connectivity index (χ2n) is 3.92. The van der Waals surface area contributed by atoms with Gasteiger partial charge in [-0.05, 0) is 22.0 Å². The molecule has 84 valence electrons. The van der Waals surface area contributed by atoms with Gasteiger partial charge in [-0.2, -0.15) is 0 Å². The van der Waals surface area contributed by atoms with E-state index < -0.39 is 23.7 Å². The van der Waals surface area contributed by atoms with E-state index in [1.54, 1.807) is 0 Å². The Balaban J connectivity index is 3.53. The lowest BCUT2D eigenvalue weighted by atomic mass is 9.84. The van der Waals surface area contributed by atoms with E-state index in [2.05, 4.69) is 15.9 Å². The van der Waals surface area contributed by atoms with Crippen LogP contribution in [0.15, 0.2) is 10.5 Å². The molecule has 15 heavy (non-hydrogen) atoms. The Bertz CT molecular complexity index is 365. The molecule has 0 unspecified atom stereocenters. The van der Waals surface area contributed by atoms with E-state index in [4.69, 9.17) is 5.11 Å². The first kappa shape index (κ1) is 12.4. The predicted octanol–water partition coefficient (Wildman–Crippen LogP) is 2.70. The summed E-state index contributed by atoms with van der Waals surface area (Å²) in [6.45, 7) is 2.63. The van der Waals surface area contributed by atoms with Gasteiger partial charge in [-0.15, -0.1) is 0 Å². The molecule has 1 aromatic rings. The van der Waals surface area contributed by atoms with E-state index in [9.17, 15) is 13.9 Å². The van der Waals surface area contributed by atoms with Crippen LogP contribution in [0.2, 0.25) is 0 Å². The van der Waals surface area contributed by atoms with Crippen LogP contribution < -0.4 is 0 Å². The molecule has 0 saturated carbocycles. The average Bonchev–Trinajstić information content (AvgIpc) is 2.15. The van der Waals surface area contributed by atoms with Gasteiger partial charge < -0.3 is 10.2 Å². The van der Waals surface area contributed by atoms with Gasteiger partial charge in [0.2, 0.25) is 0 Å². The van der Waals surface area contributed by atoms with Gasteiger partial charge in [0.1, 0.15) is 5.75 Å². The van der Waals surface area contributed by atoms with Crippen molar-refractivity contribution in [1.82, 2.24) is 0 Å². The molecule has 0 aliphatic rings. The molecule has 0 aliphatic carbocycles. The maximum absolute atomic E-state index is 13.5. The first-order valence-corrected chi connectivity index (χ1v) is 5.08. The second kappa shape index (κ2) is 4.06. The summed E-state index contributed by atoms with van der Waals surface area (Å²) in [7, 11) is 0. The number of aliphatic hydroxyl groups is 1. The third kappa shape index (κ3) is 2.13. The van der Waals surface area contributed by atoms with E-state index >= 15 is 0 Å². The van der Waals surface area contributed by atoms with Crippen molar-refractivity contribution in [2.24, 2.45) is 0 Å². The molecule has 0 atom stereocenters. The Morgan fingerprint density at radius 2 is 1.93 bits per heavy atom. The first-order chi connectivity index (χ1) is 6.81. The van der Waals surface area contributed by atoms with E-state index in [0.717, 1.165) is 6.07 Å². The van der Waals surface area contributed by atoms with Gasteiger partial charge in [0.25, 0.3) is 0 Å². The van der Waals surface area contributed by atoms with Gasteiger partial charge in [0.15, 0.2) is 11.6 Å². The highest BCUT2D eigenvalue weighted by Crippen LogP contribution is 2.39. The molecule has 2 N–H and O–H groups in total. The Hall–Kier alpha value is -0.680. The largest absolute Gasteiger partial charge is 0.506 e. The Morgan fingerprint density at radius 3 is 2.40 bits per heavy atom. The van der Waals surface area contributed by atoms with Crippen LogP contribution in [0.5, 0.6) is 5.75 Å². The number of aromatic hydroxyl groups is 1. The molecule has 0 saturated heterocycles. The highest BCUT2D eigenvalue weighted by Gasteiger charge is 2.30. The van der Waals surface area contributed by atoms with Crippen LogP contribution >= 0.6 is 15.9 Å². The Kier molecular flexibility index (Phi) is 3.35. The molecule has 0 heterocycles. The zero-order valence-electron chi connectivity index (χ0n) is 8.31. The van der Waals surface area contributed by atoms with E-state index in [0.29, 0.717) is 0 Å². The fourth-order valence-corrected chi connectivity index (χ4v) is 1.68. The summed E-state index contributed by atoms with van der Waals surface area (Å²) in [6, 6.07) is 0.849. The fourth-order valence-electron chi connectivity index (χ4n) is 1.28. The molecule has 1 aromatic carbocycles. The third-order valence-corrected chi connectivity index (χ3v) is 2.82. The summed E-state index contributed by atoms with van der Waals surface area (Å²) in [6.07, 6.45) is 0. The Morgan fingerprint density at radius 1 is 1.40 bits per heavy atom. The third-order valence-electron chi connectivity index (χ3n) is 2.22. The quantitative estimate of drug-likeness (QED) is 0.818. The van der Waals surface area contributed by atoms with Crippen molar-refractivity contribution in [3.05, 3.63) is 27.7 Å². The molecule has 0 aromatic heterocycles. The maximum atomic E-state index is 13.5. The van der Waals surface area contributed by atoms with Gasteiger partial charge in [-0.3, -0.25) is 0 Å². The molecule has 0 bridgehead atoms. The second-order valence-corrected chi connectivity index (χ2v) is 4.77. The van der Waals surface area contributed by atoms with E-state index in [-0.39, 0.29) is 15.8 Å². The first-order valence-electron chi connectivity index (χ1n) is 4.29. The summed E-state index contributed by atoms with van der Waals surface area (Å²) in [5, 5.41) is 18.7. The standard InChI is InChI=1S/C10H11BrF2O2/c1-10(2,4-14)7-8(13)6(12)3-5(11)9(7)15/h3,14-15H,4H2,1-2H3. The molecular formula is C10H11BrF2O2. The predicted molar refractivity (Wildman–Crippen MR) is 55.8 cm³/mol. The molecule has 0 amide bonds. The van der Waals surface area contributed by atoms with Gasteiger partial charge >= 0.3 is 0 Å². The van der Waals surface area contributed by atoms with Crippen molar-refractivity contribution in [1.29, 1.82) is 0 Å². The van der Waals surface area contributed by atoms with Crippen molar-refractivity contribution < 1.29 is 19.0 Å². The van der Waals surface area contributed by atoms with Crippen LogP contribution in [0.25, 0.3) is 0 Å². The normalized spacial score (nSPS) is 11.9. The maximum Gasteiger partial charge on any atom is 0.166 e. The van der Waals surface area contributed by atoms with Crippen LogP contribution in [0.3, 0.4) is 0 Å². The lowest BCUT2D eigenvalue weighted by Gasteiger charge is -2.24. The SMILES string of the molecule is CC(C)(CO)c1c(O)c(Br)cc(F)c1F. The zero-order chi connectivity index (χ0) is 11.8. The van der Waals surface area contributed by atoms with Gasteiger partial charge in [-0.25, -0.2) is 8.78 Å². The molecule has 0 fully saturated rings. The van der Waals surface area contributed by atoms with Crippen molar-refractivity contribution in [2.45, 2.75) is 19.3 Å². The topological polar surface area (TPSA) is 40.5 Å². The highest BCUT2D eigenvalue weighted by molar-refractivity contribution is 9.10. The smallest absolute Gasteiger partial charge is 0.166 e. The van der Waals surface area contributed by atoms with Crippen LogP contribution in [0.1, 0.15) is 19.4 Å². The minimum Gasteiger partial charge on any atom is -0.506 e. The number of phenols is 1. The fraction of sp³-hybridized carbons (Fsp3) is 0.400. The molecule has 0 spiro atoms. The summed E-state index contributed by atoms with van der Waals surface area (Å²) in [5.74, 6) is -2.57. The molecule has 2 nitrogen and oxygen atoms in total. The lowest BCUT2D eigenvalue weighted by molar-refractivity contribution is 0.210. The van der Waals surface area contributed by atoms with Crippen LogP contribution in [-0.4, -0.2) is 16.8 Å². The van der Waals surface area contributed by atoms with Crippen molar-refractivity contribution in [3.63, 3.8) is 0 Å². The van der Waals surface area contributed by atoms with Crippen molar-refractivity contribution >= 4 is 15.9 Å². The number of benzene rings is 1. The van der Waals surface area contributed by atoms with Crippen molar-refractivity contribution in [3.8, 4) is 5.75 Å². The molecular weight excluding hydrogens is 270 g/mol. The molecule has 0 aliphatic heterocycles. The number of hydrogen-bond acceptors (Lipinski definition) is 2. The number of aliphatic hydroxyl groups excluding tert-OH is 1. The van der Waals surface area contributed by atoms with E-state index in [1.807, 2.05) is 0 Å². The summed E-state index contributed by atoms with van der Waals surface area (Å²) < 4.78 is 26.6. The summed E-state index contributed by atoms with van der Waals surface area (Å²) in [5.41, 5.74) is -1.27. The summed E-state index contributed by atoms with van der Waals surface area (Å²) >= 11 is 2.91. The molecule has 5 heteroatoms. The van der Waals surface area contributed by atoms with E-state index in [1.165, 1.54) is 13.8 Å².